The highest BCUT2D eigenvalue weighted by Crippen LogP contribution is 2.30. The van der Waals surface area contributed by atoms with Gasteiger partial charge in [-0.25, -0.2) is 0 Å². The van der Waals surface area contributed by atoms with Crippen LogP contribution in [-0.2, 0) is 11.4 Å². The Balaban J connectivity index is 1.36. The summed E-state index contributed by atoms with van der Waals surface area (Å²) in [6, 6.07) is 17.1. The summed E-state index contributed by atoms with van der Waals surface area (Å²) in [6.07, 6.45) is 6.83. The lowest BCUT2D eigenvalue weighted by molar-refractivity contribution is -0.111. The highest BCUT2D eigenvalue weighted by molar-refractivity contribution is 6.31. The van der Waals surface area contributed by atoms with Crippen molar-refractivity contribution >= 4 is 35.0 Å². The fourth-order valence-electron chi connectivity index (χ4n) is 3.60. The van der Waals surface area contributed by atoms with E-state index < -0.39 is 0 Å². The molecule has 0 unspecified atom stereocenters. The molecule has 1 fully saturated rings. The number of hydrogen-bond acceptors (Lipinski definition) is 5. The first kappa shape index (κ1) is 22.8. The van der Waals surface area contributed by atoms with Gasteiger partial charge in [0.05, 0.1) is 11.4 Å². The summed E-state index contributed by atoms with van der Waals surface area (Å²) in [5, 5.41) is 3.58. The Morgan fingerprint density at radius 3 is 2.64 bits per heavy atom. The summed E-state index contributed by atoms with van der Waals surface area (Å²) >= 11 is 6.20. The molecular weight excluding hydrogens is 436 g/mol. The molecule has 0 radical (unpaired) electrons. The molecule has 1 amide bonds. The number of rotatable bonds is 7. The second-order valence-electron chi connectivity index (χ2n) is 7.99. The van der Waals surface area contributed by atoms with E-state index in [1.54, 1.807) is 24.5 Å². The Morgan fingerprint density at radius 2 is 1.91 bits per heavy atom. The van der Waals surface area contributed by atoms with E-state index in [2.05, 4.69) is 27.1 Å². The van der Waals surface area contributed by atoms with E-state index in [1.807, 2.05) is 48.5 Å². The molecule has 33 heavy (non-hydrogen) atoms. The number of pyridine rings is 1. The average molecular weight is 463 g/mol. The highest BCUT2D eigenvalue weighted by atomic mass is 35.5. The van der Waals surface area contributed by atoms with Crippen molar-refractivity contribution in [2.75, 3.05) is 43.4 Å². The van der Waals surface area contributed by atoms with Crippen molar-refractivity contribution in [2.45, 2.75) is 6.61 Å². The number of nitrogens with zero attached hydrogens (tertiary/aromatic N) is 3. The zero-order valence-corrected chi connectivity index (χ0v) is 19.3. The molecule has 0 atom stereocenters. The van der Waals surface area contributed by atoms with Gasteiger partial charge in [0.25, 0.3) is 0 Å². The number of hydrogen-bond donors (Lipinski definition) is 1. The Bertz CT molecular complexity index is 1100. The number of aromatic nitrogens is 1. The van der Waals surface area contributed by atoms with Crippen LogP contribution < -0.4 is 15.0 Å². The molecule has 2 aromatic carbocycles. The van der Waals surface area contributed by atoms with E-state index in [9.17, 15) is 4.79 Å². The summed E-state index contributed by atoms with van der Waals surface area (Å²) in [7, 11) is 2.12. The van der Waals surface area contributed by atoms with Crippen LogP contribution in [0.15, 0.2) is 73.1 Å². The van der Waals surface area contributed by atoms with Crippen LogP contribution in [0.4, 0.5) is 11.4 Å². The van der Waals surface area contributed by atoms with Crippen molar-refractivity contribution in [1.82, 2.24) is 9.88 Å². The maximum absolute atomic E-state index is 12.6. The van der Waals surface area contributed by atoms with Gasteiger partial charge >= 0.3 is 0 Å². The Hall–Kier alpha value is -3.35. The van der Waals surface area contributed by atoms with Crippen molar-refractivity contribution in [3.63, 3.8) is 0 Å². The van der Waals surface area contributed by atoms with Gasteiger partial charge in [-0.2, -0.15) is 0 Å². The summed E-state index contributed by atoms with van der Waals surface area (Å²) in [5.41, 5.74) is 3.63. The number of carbonyl (C=O) groups is 1. The Kier molecular flexibility index (Phi) is 7.60. The molecule has 2 heterocycles. The van der Waals surface area contributed by atoms with Crippen molar-refractivity contribution in [3.8, 4) is 5.75 Å². The number of nitrogens with one attached hydrogen (secondary N) is 1. The number of ether oxygens (including phenoxy) is 1. The molecule has 1 N–H and O–H groups in total. The van der Waals surface area contributed by atoms with Crippen LogP contribution >= 0.6 is 11.6 Å². The Labute approximate surface area is 199 Å². The van der Waals surface area contributed by atoms with Crippen LogP contribution in [0.25, 0.3) is 6.08 Å². The van der Waals surface area contributed by atoms with Crippen molar-refractivity contribution in [1.29, 1.82) is 0 Å². The second kappa shape index (κ2) is 11.0. The quantitative estimate of drug-likeness (QED) is 0.515. The number of piperazine rings is 1. The lowest BCUT2D eigenvalue weighted by Crippen LogP contribution is -2.44. The van der Waals surface area contributed by atoms with Crippen molar-refractivity contribution in [2.24, 2.45) is 0 Å². The van der Waals surface area contributed by atoms with E-state index in [0.717, 1.165) is 54.4 Å². The van der Waals surface area contributed by atoms with Crippen LogP contribution in [0.5, 0.6) is 5.75 Å². The molecule has 170 valence electrons. The zero-order chi connectivity index (χ0) is 23.0. The molecule has 1 aromatic heterocycles. The topological polar surface area (TPSA) is 57.7 Å². The maximum atomic E-state index is 12.6. The number of carbonyl (C=O) groups excluding carboxylic acids is 1. The monoisotopic (exact) mass is 462 g/mol. The summed E-state index contributed by atoms with van der Waals surface area (Å²) in [4.78, 5) is 21.3. The fourth-order valence-corrected chi connectivity index (χ4v) is 3.78. The van der Waals surface area contributed by atoms with Gasteiger partial charge in [-0.3, -0.25) is 9.78 Å². The lowest BCUT2D eigenvalue weighted by Gasteiger charge is -2.35. The first-order valence-corrected chi connectivity index (χ1v) is 11.3. The average Bonchev–Trinajstić information content (AvgIpc) is 2.84. The van der Waals surface area contributed by atoms with E-state index in [0.29, 0.717) is 11.6 Å². The predicted octanol–water partition coefficient (Wildman–Crippen LogP) is 4.72. The first-order chi connectivity index (χ1) is 16.1. The van der Waals surface area contributed by atoms with Gasteiger partial charge in [0, 0.05) is 55.2 Å². The van der Waals surface area contributed by atoms with Gasteiger partial charge in [-0.15, -0.1) is 0 Å². The number of likely N-dealkylation sites (N-methyl/N-ethyl adjacent to an activating group) is 1. The minimum Gasteiger partial charge on any atom is -0.489 e. The van der Waals surface area contributed by atoms with E-state index in [1.165, 1.54) is 6.08 Å². The minimum atomic E-state index is -0.204. The SMILES string of the molecule is CN1CCN(c2ccc(Cl)cc2NC(=O)/C=C/c2ccc(OCc3cccnc3)cc2)CC1. The maximum Gasteiger partial charge on any atom is 0.248 e. The molecule has 3 aromatic rings. The molecule has 0 spiro atoms. The third-order valence-electron chi connectivity index (χ3n) is 5.50. The minimum absolute atomic E-state index is 0.204. The normalized spacial score (nSPS) is 14.4. The van der Waals surface area contributed by atoms with Gasteiger partial charge in [-0.1, -0.05) is 29.8 Å². The summed E-state index contributed by atoms with van der Waals surface area (Å²) < 4.78 is 5.78. The predicted molar refractivity (Wildman–Crippen MR) is 134 cm³/mol. The molecule has 4 rings (SSSR count). The van der Waals surface area contributed by atoms with E-state index in [-0.39, 0.29) is 5.91 Å². The highest BCUT2D eigenvalue weighted by Gasteiger charge is 2.18. The molecule has 1 aliphatic heterocycles. The van der Waals surface area contributed by atoms with Gasteiger partial charge < -0.3 is 19.9 Å². The smallest absolute Gasteiger partial charge is 0.248 e. The van der Waals surface area contributed by atoms with E-state index >= 15 is 0 Å². The van der Waals surface area contributed by atoms with Crippen molar-refractivity contribution < 1.29 is 9.53 Å². The molecule has 0 bridgehead atoms. The second-order valence-corrected chi connectivity index (χ2v) is 8.43. The molecule has 7 heteroatoms. The third kappa shape index (κ3) is 6.57. The number of halogens is 1. The zero-order valence-electron chi connectivity index (χ0n) is 18.6. The molecule has 0 saturated carbocycles. The third-order valence-corrected chi connectivity index (χ3v) is 5.73. The first-order valence-electron chi connectivity index (χ1n) is 10.9. The number of anilines is 2. The standard InChI is InChI=1S/C26H27ClN4O2/c1-30-13-15-31(16-14-30)25-10-7-22(27)17-24(25)29-26(32)11-6-20-4-8-23(9-5-20)33-19-21-3-2-12-28-18-21/h2-12,17-18H,13-16,19H2,1H3,(H,29,32)/b11-6+. The summed E-state index contributed by atoms with van der Waals surface area (Å²) in [5.74, 6) is 0.556. The number of amides is 1. The van der Waals surface area contributed by atoms with Gasteiger partial charge in [-0.05, 0) is 55.1 Å². The van der Waals surface area contributed by atoms with Crippen LogP contribution in [0.2, 0.25) is 5.02 Å². The van der Waals surface area contributed by atoms with Crippen LogP contribution in [-0.4, -0.2) is 49.0 Å². The van der Waals surface area contributed by atoms with Crippen LogP contribution in [0, 0.1) is 0 Å². The van der Waals surface area contributed by atoms with Gasteiger partial charge in [0.2, 0.25) is 5.91 Å². The molecule has 1 aliphatic rings. The molecule has 0 aliphatic carbocycles. The molecule has 1 saturated heterocycles. The number of benzene rings is 2. The van der Waals surface area contributed by atoms with Crippen LogP contribution in [0.1, 0.15) is 11.1 Å². The van der Waals surface area contributed by atoms with Crippen LogP contribution in [0.3, 0.4) is 0 Å². The summed E-state index contributed by atoms with van der Waals surface area (Å²) in [6.45, 7) is 4.24. The van der Waals surface area contributed by atoms with Crippen molar-refractivity contribution in [3.05, 3.63) is 89.2 Å². The van der Waals surface area contributed by atoms with E-state index in [4.69, 9.17) is 16.3 Å². The molecular formula is C26H27ClN4O2. The molecule has 6 nitrogen and oxygen atoms in total. The lowest BCUT2D eigenvalue weighted by atomic mass is 10.2. The Morgan fingerprint density at radius 1 is 1.12 bits per heavy atom. The van der Waals surface area contributed by atoms with Gasteiger partial charge in [0.15, 0.2) is 0 Å². The fraction of sp³-hybridized carbons (Fsp3) is 0.231. The largest absolute Gasteiger partial charge is 0.489 e. The van der Waals surface area contributed by atoms with Gasteiger partial charge in [0.1, 0.15) is 12.4 Å².